The molecule has 1 aromatic heterocycles. The molecule has 0 aliphatic heterocycles. The zero-order valence-electron chi connectivity index (χ0n) is 11.6. The Balaban J connectivity index is 2.41. The quantitative estimate of drug-likeness (QED) is 0.871. The molecule has 0 unspecified atom stereocenters. The first-order valence-electron chi connectivity index (χ1n) is 6.14. The number of nitrogens with zero attached hydrogens (tertiary/aromatic N) is 2. The Labute approximate surface area is 121 Å². The van der Waals surface area contributed by atoms with Gasteiger partial charge >= 0.3 is 5.97 Å². The summed E-state index contributed by atoms with van der Waals surface area (Å²) in [6, 6.07) is 7.99. The van der Waals surface area contributed by atoms with Crippen molar-refractivity contribution in [3.63, 3.8) is 0 Å². The standard InChI is InChI=1S/C15H14N2O4/c1-17(14(19)11-7-8-16-9-13(11)18)12-6-4-3-5-10(12)15(20)21-2/h3-9,18H,1-2H3. The molecule has 0 aliphatic carbocycles. The fourth-order valence-electron chi connectivity index (χ4n) is 1.91. The molecule has 6 heteroatoms. The summed E-state index contributed by atoms with van der Waals surface area (Å²) in [7, 11) is 2.79. The van der Waals surface area contributed by atoms with Crippen molar-refractivity contribution in [2.24, 2.45) is 0 Å². The lowest BCUT2D eigenvalue weighted by atomic mass is 10.1. The minimum atomic E-state index is -0.538. The van der Waals surface area contributed by atoms with Gasteiger partial charge in [-0.3, -0.25) is 9.78 Å². The van der Waals surface area contributed by atoms with Gasteiger partial charge in [-0.05, 0) is 18.2 Å². The van der Waals surface area contributed by atoms with Crippen LogP contribution in [0.3, 0.4) is 0 Å². The third kappa shape index (κ3) is 2.84. The number of para-hydroxylation sites is 1. The number of aromatic hydroxyl groups is 1. The van der Waals surface area contributed by atoms with E-state index in [4.69, 9.17) is 4.74 Å². The van der Waals surface area contributed by atoms with Crippen molar-refractivity contribution in [2.75, 3.05) is 19.1 Å². The molecule has 21 heavy (non-hydrogen) atoms. The number of aromatic nitrogens is 1. The Morgan fingerprint density at radius 1 is 1.19 bits per heavy atom. The second kappa shape index (κ2) is 6.04. The Hall–Kier alpha value is -2.89. The fraction of sp³-hybridized carbons (Fsp3) is 0.133. The molecule has 6 nitrogen and oxygen atoms in total. The molecule has 1 aromatic carbocycles. The number of anilines is 1. The Bertz CT molecular complexity index is 685. The zero-order valence-corrected chi connectivity index (χ0v) is 11.6. The van der Waals surface area contributed by atoms with E-state index in [1.165, 1.54) is 37.5 Å². The lowest BCUT2D eigenvalue weighted by molar-refractivity contribution is 0.0601. The van der Waals surface area contributed by atoms with E-state index in [1.54, 1.807) is 24.3 Å². The number of methoxy groups -OCH3 is 1. The normalized spacial score (nSPS) is 10.0. The van der Waals surface area contributed by atoms with E-state index in [2.05, 4.69) is 4.98 Å². The van der Waals surface area contributed by atoms with Crippen LogP contribution in [0, 0.1) is 0 Å². The van der Waals surface area contributed by atoms with Gasteiger partial charge in [0.2, 0.25) is 0 Å². The molecule has 0 saturated carbocycles. The Morgan fingerprint density at radius 2 is 1.90 bits per heavy atom. The predicted molar refractivity (Wildman–Crippen MR) is 76.4 cm³/mol. The smallest absolute Gasteiger partial charge is 0.339 e. The fourth-order valence-corrected chi connectivity index (χ4v) is 1.91. The summed E-state index contributed by atoms with van der Waals surface area (Å²) in [6.45, 7) is 0. The van der Waals surface area contributed by atoms with Gasteiger partial charge in [0, 0.05) is 13.2 Å². The van der Waals surface area contributed by atoms with Crippen LogP contribution in [0.2, 0.25) is 0 Å². The molecule has 2 rings (SSSR count). The first kappa shape index (κ1) is 14.5. The number of rotatable bonds is 3. The van der Waals surface area contributed by atoms with Gasteiger partial charge in [0.25, 0.3) is 5.91 Å². The maximum absolute atomic E-state index is 12.4. The molecule has 108 valence electrons. The minimum absolute atomic E-state index is 0.104. The maximum atomic E-state index is 12.4. The third-order valence-corrected chi connectivity index (χ3v) is 3.01. The SMILES string of the molecule is COC(=O)c1ccccc1N(C)C(=O)c1ccncc1O. The number of hydrogen-bond acceptors (Lipinski definition) is 5. The molecule has 1 N–H and O–H groups in total. The molecule has 0 spiro atoms. The number of carbonyl (C=O) groups excluding carboxylic acids is 2. The van der Waals surface area contributed by atoms with Crippen LogP contribution in [0.15, 0.2) is 42.7 Å². The lowest BCUT2D eigenvalue weighted by Gasteiger charge is -2.20. The number of hydrogen-bond donors (Lipinski definition) is 1. The molecule has 1 amide bonds. The molecular formula is C15H14N2O4. The minimum Gasteiger partial charge on any atom is -0.505 e. The second-order valence-electron chi connectivity index (χ2n) is 4.27. The topological polar surface area (TPSA) is 79.7 Å². The summed E-state index contributed by atoms with van der Waals surface area (Å²) in [5.74, 6) is -1.21. The number of ether oxygens (including phenoxy) is 1. The summed E-state index contributed by atoms with van der Waals surface area (Å²) in [4.78, 5) is 29.2. The average Bonchev–Trinajstić information content (AvgIpc) is 2.53. The summed E-state index contributed by atoms with van der Waals surface area (Å²) in [5, 5.41) is 9.70. The van der Waals surface area contributed by atoms with Crippen LogP contribution in [-0.4, -0.2) is 36.1 Å². The van der Waals surface area contributed by atoms with Crippen molar-refractivity contribution in [3.8, 4) is 5.75 Å². The van der Waals surface area contributed by atoms with Gasteiger partial charge in [0.05, 0.1) is 30.1 Å². The van der Waals surface area contributed by atoms with Crippen molar-refractivity contribution in [3.05, 3.63) is 53.9 Å². The molecule has 0 atom stereocenters. The van der Waals surface area contributed by atoms with Crippen molar-refractivity contribution in [2.45, 2.75) is 0 Å². The van der Waals surface area contributed by atoms with E-state index in [9.17, 15) is 14.7 Å². The lowest BCUT2D eigenvalue weighted by Crippen LogP contribution is -2.28. The monoisotopic (exact) mass is 286 g/mol. The van der Waals surface area contributed by atoms with E-state index in [-0.39, 0.29) is 16.9 Å². The molecule has 0 saturated heterocycles. The number of benzene rings is 1. The van der Waals surface area contributed by atoms with Crippen LogP contribution >= 0.6 is 0 Å². The number of esters is 1. The highest BCUT2D eigenvalue weighted by molar-refractivity contribution is 6.10. The summed E-state index contributed by atoms with van der Waals surface area (Å²) in [5.41, 5.74) is 0.766. The predicted octanol–water partition coefficient (Wildman–Crippen LogP) is 1.85. The van der Waals surface area contributed by atoms with Crippen LogP contribution in [0.4, 0.5) is 5.69 Å². The highest BCUT2D eigenvalue weighted by Crippen LogP contribution is 2.24. The van der Waals surface area contributed by atoms with Crippen LogP contribution < -0.4 is 4.90 Å². The second-order valence-corrected chi connectivity index (χ2v) is 4.27. The summed E-state index contributed by atoms with van der Waals surface area (Å²) < 4.78 is 4.70. The number of pyridine rings is 1. The van der Waals surface area contributed by atoms with Crippen molar-refractivity contribution in [1.82, 2.24) is 4.98 Å². The molecule has 1 heterocycles. The maximum Gasteiger partial charge on any atom is 0.339 e. The number of amides is 1. The van der Waals surface area contributed by atoms with E-state index in [1.807, 2.05) is 0 Å². The van der Waals surface area contributed by atoms with Gasteiger partial charge in [0.1, 0.15) is 5.75 Å². The van der Waals surface area contributed by atoms with Crippen molar-refractivity contribution >= 4 is 17.6 Å². The third-order valence-electron chi connectivity index (χ3n) is 3.01. The largest absolute Gasteiger partial charge is 0.505 e. The van der Waals surface area contributed by atoms with Crippen LogP contribution in [0.5, 0.6) is 5.75 Å². The van der Waals surface area contributed by atoms with E-state index < -0.39 is 11.9 Å². The van der Waals surface area contributed by atoms with Gasteiger partial charge < -0.3 is 14.7 Å². The molecule has 0 aliphatic rings. The Kier molecular flexibility index (Phi) is 4.18. The Morgan fingerprint density at radius 3 is 2.57 bits per heavy atom. The van der Waals surface area contributed by atoms with Crippen molar-refractivity contribution < 1.29 is 19.4 Å². The molecule has 0 radical (unpaired) electrons. The van der Waals surface area contributed by atoms with Gasteiger partial charge in [0.15, 0.2) is 0 Å². The first-order chi connectivity index (χ1) is 10.1. The molecule has 2 aromatic rings. The highest BCUT2D eigenvalue weighted by Gasteiger charge is 2.21. The van der Waals surface area contributed by atoms with Gasteiger partial charge in [-0.25, -0.2) is 4.79 Å². The van der Waals surface area contributed by atoms with Crippen LogP contribution in [0.1, 0.15) is 20.7 Å². The van der Waals surface area contributed by atoms with E-state index in [0.717, 1.165) is 0 Å². The molecule has 0 bridgehead atoms. The van der Waals surface area contributed by atoms with Crippen molar-refractivity contribution in [1.29, 1.82) is 0 Å². The molecular weight excluding hydrogens is 272 g/mol. The van der Waals surface area contributed by atoms with Crippen LogP contribution in [0.25, 0.3) is 0 Å². The van der Waals surface area contributed by atoms with E-state index in [0.29, 0.717) is 5.69 Å². The summed E-state index contributed by atoms with van der Waals surface area (Å²) >= 11 is 0. The zero-order chi connectivity index (χ0) is 15.4. The van der Waals surface area contributed by atoms with Gasteiger partial charge in [-0.1, -0.05) is 12.1 Å². The first-order valence-corrected chi connectivity index (χ1v) is 6.14. The van der Waals surface area contributed by atoms with Crippen LogP contribution in [-0.2, 0) is 4.74 Å². The summed E-state index contributed by atoms with van der Waals surface area (Å²) in [6.07, 6.45) is 2.60. The van der Waals surface area contributed by atoms with Gasteiger partial charge in [-0.2, -0.15) is 0 Å². The molecule has 0 fully saturated rings. The van der Waals surface area contributed by atoms with Gasteiger partial charge in [-0.15, -0.1) is 0 Å². The highest BCUT2D eigenvalue weighted by atomic mass is 16.5. The number of carbonyl (C=O) groups is 2. The van der Waals surface area contributed by atoms with E-state index >= 15 is 0 Å². The average molecular weight is 286 g/mol.